The minimum absolute atomic E-state index is 0. The Morgan fingerprint density at radius 2 is 2.09 bits per heavy atom. The molecule has 1 aromatic heterocycles. The standard InChI is InChI=1S/C16H26N4O2.ClH/c21-14-7-13(8-14)16(12-3-5-17-6-4-12)20-15(22)2-1-11-9-18-19-10-11;/h9-10,12-14,16-17,21H,1-8H2,(H,18,19)(H,20,22);1H. The molecule has 1 saturated carbocycles. The maximum Gasteiger partial charge on any atom is 0.220 e. The van der Waals surface area contributed by atoms with Crippen LogP contribution in [0.15, 0.2) is 12.4 Å². The van der Waals surface area contributed by atoms with Crippen LogP contribution in [0.2, 0.25) is 0 Å². The second kappa shape index (κ2) is 8.66. The number of rotatable bonds is 6. The molecule has 2 aliphatic rings. The minimum Gasteiger partial charge on any atom is -0.393 e. The number of hydrogen-bond acceptors (Lipinski definition) is 4. The van der Waals surface area contributed by atoms with Crippen LogP contribution in [0.4, 0.5) is 0 Å². The quantitative estimate of drug-likeness (QED) is 0.621. The fraction of sp³-hybridized carbons (Fsp3) is 0.750. The number of piperidine rings is 1. The van der Waals surface area contributed by atoms with Crippen molar-refractivity contribution in [2.45, 2.75) is 50.7 Å². The molecule has 0 radical (unpaired) electrons. The van der Waals surface area contributed by atoms with Crippen LogP contribution in [-0.4, -0.2) is 46.4 Å². The second-order valence-corrected chi connectivity index (χ2v) is 6.67. The molecule has 1 unspecified atom stereocenters. The van der Waals surface area contributed by atoms with Gasteiger partial charge in [0.2, 0.25) is 5.91 Å². The summed E-state index contributed by atoms with van der Waals surface area (Å²) < 4.78 is 0. The van der Waals surface area contributed by atoms with E-state index < -0.39 is 0 Å². The summed E-state index contributed by atoms with van der Waals surface area (Å²) in [5.74, 6) is 1.10. The highest BCUT2D eigenvalue weighted by Gasteiger charge is 2.38. The zero-order valence-corrected chi connectivity index (χ0v) is 14.1. The number of halogens is 1. The van der Waals surface area contributed by atoms with Gasteiger partial charge in [0.25, 0.3) is 0 Å². The fourth-order valence-corrected chi connectivity index (χ4v) is 3.68. The summed E-state index contributed by atoms with van der Waals surface area (Å²) in [5, 5.41) is 22.9. The zero-order valence-electron chi connectivity index (χ0n) is 13.3. The van der Waals surface area contributed by atoms with E-state index in [9.17, 15) is 9.90 Å². The van der Waals surface area contributed by atoms with Crippen molar-refractivity contribution in [3.63, 3.8) is 0 Å². The molecule has 23 heavy (non-hydrogen) atoms. The molecule has 130 valence electrons. The maximum absolute atomic E-state index is 12.3. The van der Waals surface area contributed by atoms with Gasteiger partial charge in [-0.2, -0.15) is 5.10 Å². The van der Waals surface area contributed by atoms with Crippen LogP contribution in [-0.2, 0) is 11.2 Å². The van der Waals surface area contributed by atoms with Gasteiger partial charge in [0.15, 0.2) is 0 Å². The van der Waals surface area contributed by atoms with Gasteiger partial charge in [0.1, 0.15) is 0 Å². The summed E-state index contributed by atoms with van der Waals surface area (Å²) in [4.78, 5) is 12.3. The Morgan fingerprint density at radius 1 is 1.35 bits per heavy atom. The molecular weight excluding hydrogens is 316 g/mol. The molecule has 2 fully saturated rings. The SMILES string of the molecule is Cl.O=C(CCc1cn[nH]c1)NC(C1CCNCC1)C1CC(O)C1. The smallest absolute Gasteiger partial charge is 0.220 e. The van der Waals surface area contributed by atoms with Crippen molar-refractivity contribution in [1.29, 1.82) is 0 Å². The van der Waals surface area contributed by atoms with Gasteiger partial charge in [-0.05, 0) is 62.6 Å². The van der Waals surface area contributed by atoms with Crippen LogP contribution >= 0.6 is 12.4 Å². The average molecular weight is 343 g/mol. The molecule has 0 spiro atoms. The molecule has 1 saturated heterocycles. The summed E-state index contributed by atoms with van der Waals surface area (Å²) in [7, 11) is 0. The number of aliphatic hydroxyl groups excluding tert-OH is 1. The van der Waals surface area contributed by atoms with Crippen molar-refractivity contribution < 1.29 is 9.90 Å². The number of aromatic amines is 1. The van der Waals surface area contributed by atoms with Crippen molar-refractivity contribution in [3.05, 3.63) is 18.0 Å². The molecule has 1 aromatic rings. The lowest BCUT2D eigenvalue weighted by molar-refractivity contribution is -0.123. The number of H-pyrrole nitrogens is 1. The minimum atomic E-state index is -0.169. The van der Waals surface area contributed by atoms with E-state index in [1.54, 1.807) is 6.20 Å². The lowest BCUT2D eigenvalue weighted by Gasteiger charge is -2.43. The largest absolute Gasteiger partial charge is 0.393 e. The van der Waals surface area contributed by atoms with Gasteiger partial charge in [0, 0.05) is 18.7 Å². The maximum atomic E-state index is 12.3. The van der Waals surface area contributed by atoms with E-state index in [2.05, 4.69) is 20.8 Å². The van der Waals surface area contributed by atoms with Crippen LogP contribution in [0.3, 0.4) is 0 Å². The number of nitrogens with one attached hydrogen (secondary N) is 3. The van der Waals surface area contributed by atoms with Gasteiger partial charge >= 0.3 is 0 Å². The molecule has 1 aliphatic heterocycles. The monoisotopic (exact) mass is 342 g/mol. The molecule has 1 amide bonds. The second-order valence-electron chi connectivity index (χ2n) is 6.67. The van der Waals surface area contributed by atoms with Gasteiger partial charge in [-0.3, -0.25) is 9.89 Å². The highest BCUT2D eigenvalue weighted by Crippen LogP contribution is 2.35. The number of carbonyl (C=O) groups excluding carboxylic acids is 1. The van der Waals surface area contributed by atoms with Crippen LogP contribution in [0, 0.1) is 11.8 Å². The van der Waals surface area contributed by atoms with Crippen molar-refractivity contribution in [2.75, 3.05) is 13.1 Å². The van der Waals surface area contributed by atoms with Crippen molar-refractivity contribution in [1.82, 2.24) is 20.8 Å². The number of aryl methyl sites for hydroxylation is 1. The number of hydrogen-bond donors (Lipinski definition) is 4. The molecule has 6 nitrogen and oxygen atoms in total. The fourth-order valence-electron chi connectivity index (χ4n) is 3.68. The van der Waals surface area contributed by atoms with Gasteiger partial charge in [-0.1, -0.05) is 0 Å². The number of amides is 1. The molecule has 7 heteroatoms. The molecular formula is C16H27ClN4O2. The third kappa shape index (κ3) is 4.93. The summed E-state index contributed by atoms with van der Waals surface area (Å²) >= 11 is 0. The Morgan fingerprint density at radius 3 is 2.70 bits per heavy atom. The number of aliphatic hydroxyl groups is 1. The lowest BCUT2D eigenvalue weighted by atomic mass is 9.71. The Labute approximate surface area is 143 Å². The number of aromatic nitrogens is 2. The molecule has 0 bridgehead atoms. The summed E-state index contributed by atoms with van der Waals surface area (Å²) in [5.41, 5.74) is 1.06. The molecule has 1 aliphatic carbocycles. The molecule has 2 heterocycles. The molecule has 4 N–H and O–H groups in total. The van der Waals surface area contributed by atoms with Gasteiger partial charge in [0.05, 0.1) is 12.3 Å². The van der Waals surface area contributed by atoms with Gasteiger partial charge < -0.3 is 15.7 Å². The number of carbonyl (C=O) groups is 1. The van der Waals surface area contributed by atoms with Crippen LogP contribution in [0.1, 0.15) is 37.7 Å². The van der Waals surface area contributed by atoms with E-state index >= 15 is 0 Å². The summed E-state index contributed by atoms with van der Waals surface area (Å²) in [6.07, 6.45) is 8.52. The Hall–Kier alpha value is -1.11. The third-order valence-electron chi connectivity index (χ3n) is 5.07. The predicted molar refractivity (Wildman–Crippen MR) is 90.4 cm³/mol. The van der Waals surface area contributed by atoms with E-state index in [4.69, 9.17) is 0 Å². The molecule has 1 atom stereocenters. The van der Waals surface area contributed by atoms with Crippen molar-refractivity contribution in [2.24, 2.45) is 11.8 Å². The predicted octanol–water partition coefficient (Wildman–Crippen LogP) is 1.02. The normalized spacial score (nSPS) is 26.0. The topological polar surface area (TPSA) is 90.0 Å². The highest BCUT2D eigenvalue weighted by molar-refractivity contribution is 5.85. The Bertz CT molecular complexity index is 470. The van der Waals surface area contributed by atoms with E-state index in [0.717, 1.165) is 44.3 Å². The van der Waals surface area contributed by atoms with Crippen LogP contribution in [0.25, 0.3) is 0 Å². The lowest BCUT2D eigenvalue weighted by Crippen LogP contribution is -2.52. The van der Waals surface area contributed by atoms with Gasteiger partial charge in [-0.15, -0.1) is 12.4 Å². The first kappa shape index (κ1) is 18.2. The van der Waals surface area contributed by atoms with Gasteiger partial charge in [-0.25, -0.2) is 0 Å². The Balaban J connectivity index is 0.00000192. The van der Waals surface area contributed by atoms with Crippen LogP contribution < -0.4 is 10.6 Å². The highest BCUT2D eigenvalue weighted by atomic mass is 35.5. The first-order valence-electron chi connectivity index (χ1n) is 8.38. The summed E-state index contributed by atoms with van der Waals surface area (Å²) in [6, 6.07) is 0.224. The van der Waals surface area contributed by atoms with Crippen LogP contribution in [0.5, 0.6) is 0 Å². The molecule has 3 rings (SSSR count). The third-order valence-corrected chi connectivity index (χ3v) is 5.07. The van der Waals surface area contributed by atoms with E-state index in [1.165, 1.54) is 0 Å². The van der Waals surface area contributed by atoms with Crippen molar-refractivity contribution in [3.8, 4) is 0 Å². The summed E-state index contributed by atoms with van der Waals surface area (Å²) in [6.45, 7) is 2.06. The zero-order chi connectivity index (χ0) is 15.4. The first-order chi connectivity index (χ1) is 10.7. The number of nitrogens with zero attached hydrogens (tertiary/aromatic N) is 1. The van der Waals surface area contributed by atoms with E-state index in [0.29, 0.717) is 24.7 Å². The first-order valence-corrected chi connectivity index (χ1v) is 8.38. The molecule has 0 aromatic carbocycles. The van der Waals surface area contributed by atoms with E-state index in [1.807, 2.05) is 6.20 Å². The average Bonchev–Trinajstić information content (AvgIpc) is 3.02. The Kier molecular flexibility index (Phi) is 6.87. The van der Waals surface area contributed by atoms with Crippen molar-refractivity contribution >= 4 is 18.3 Å². The van der Waals surface area contributed by atoms with E-state index in [-0.39, 0.29) is 30.5 Å².